The predicted molar refractivity (Wildman–Crippen MR) is 85.1 cm³/mol. The maximum absolute atomic E-state index is 10.8. The minimum atomic E-state index is -0.777. The summed E-state index contributed by atoms with van der Waals surface area (Å²) in [5.74, 6) is 0.0463. The molecule has 118 valence electrons. The van der Waals surface area contributed by atoms with Crippen LogP contribution in [0.5, 0.6) is 5.75 Å². The van der Waals surface area contributed by atoms with Crippen molar-refractivity contribution in [3.8, 4) is 5.75 Å². The van der Waals surface area contributed by atoms with Gasteiger partial charge in [0.25, 0.3) is 0 Å². The van der Waals surface area contributed by atoms with Gasteiger partial charge >= 0.3 is 5.97 Å². The molecule has 21 heavy (non-hydrogen) atoms. The Morgan fingerprint density at radius 3 is 2.67 bits per heavy atom. The van der Waals surface area contributed by atoms with Crippen molar-refractivity contribution in [3.63, 3.8) is 0 Å². The first-order valence-corrected chi connectivity index (χ1v) is 7.49. The molecule has 0 aliphatic heterocycles. The molecule has 0 heterocycles. The Labute approximate surface area is 126 Å². The average molecular weight is 294 g/mol. The maximum Gasteiger partial charge on any atom is 0.305 e. The van der Waals surface area contributed by atoms with Gasteiger partial charge in [0, 0.05) is 19.6 Å². The van der Waals surface area contributed by atoms with E-state index in [0.717, 1.165) is 36.5 Å². The molecule has 1 aromatic carbocycles. The Morgan fingerprint density at radius 2 is 2.10 bits per heavy atom. The van der Waals surface area contributed by atoms with Gasteiger partial charge in [-0.15, -0.1) is 0 Å². The molecule has 0 spiro atoms. The minimum Gasteiger partial charge on any atom is -0.492 e. The lowest BCUT2D eigenvalue weighted by atomic mass is 10.1. The summed E-state index contributed by atoms with van der Waals surface area (Å²) in [6, 6.07) is 6.10. The zero-order chi connectivity index (χ0) is 15.7. The van der Waals surface area contributed by atoms with E-state index in [1.807, 2.05) is 26.1 Å². The van der Waals surface area contributed by atoms with Crippen LogP contribution in [0.3, 0.4) is 0 Å². The van der Waals surface area contributed by atoms with Crippen LogP contribution in [-0.4, -0.2) is 37.8 Å². The highest BCUT2D eigenvalue weighted by atomic mass is 16.5. The van der Waals surface area contributed by atoms with Gasteiger partial charge in [0.2, 0.25) is 0 Å². The Bertz CT molecular complexity index is 449. The molecule has 0 radical (unpaired) electrons. The number of hydrogen-bond donors (Lipinski definition) is 2. The van der Waals surface area contributed by atoms with Crippen molar-refractivity contribution < 1.29 is 14.6 Å². The third-order valence-corrected chi connectivity index (χ3v) is 3.13. The van der Waals surface area contributed by atoms with Gasteiger partial charge in [-0.25, -0.2) is 0 Å². The predicted octanol–water partition coefficient (Wildman–Crippen LogP) is 2.50. The van der Waals surface area contributed by atoms with E-state index >= 15 is 0 Å². The zero-order valence-electron chi connectivity index (χ0n) is 13.2. The van der Waals surface area contributed by atoms with Crippen LogP contribution in [0, 0.1) is 0 Å². The molecule has 5 nitrogen and oxygen atoms in total. The van der Waals surface area contributed by atoms with Gasteiger partial charge in [-0.05, 0) is 38.1 Å². The Hall–Kier alpha value is -1.75. The summed E-state index contributed by atoms with van der Waals surface area (Å²) < 4.78 is 5.74. The van der Waals surface area contributed by atoms with Gasteiger partial charge in [0.15, 0.2) is 0 Å². The molecule has 1 aromatic rings. The van der Waals surface area contributed by atoms with Gasteiger partial charge in [-0.3, -0.25) is 4.79 Å². The first-order valence-electron chi connectivity index (χ1n) is 7.49. The fraction of sp³-hybridized carbons (Fsp3) is 0.562. The van der Waals surface area contributed by atoms with Crippen molar-refractivity contribution in [1.82, 2.24) is 5.32 Å². The second kappa shape index (κ2) is 9.23. The Balaban J connectivity index is 3.00. The van der Waals surface area contributed by atoms with Crippen molar-refractivity contribution in [3.05, 3.63) is 23.8 Å². The molecular formula is C16H26N2O3. The second-order valence-corrected chi connectivity index (χ2v) is 4.90. The van der Waals surface area contributed by atoms with Crippen LogP contribution in [0.15, 0.2) is 18.2 Å². The molecule has 0 saturated carbocycles. The number of rotatable bonds is 10. The van der Waals surface area contributed by atoms with Gasteiger partial charge in [-0.1, -0.05) is 13.0 Å². The van der Waals surface area contributed by atoms with Crippen LogP contribution in [0.25, 0.3) is 0 Å². The molecule has 0 saturated heterocycles. The normalized spacial score (nSPS) is 10.4. The summed E-state index contributed by atoms with van der Waals surface area (Å²) in [7, 11) is 1.91. The number of carbonyl (C=O) groups is 1. The van der Waals surface area contributed by atoms with E-state index in [4.69, 9.17) is 9.84 Å². The lowest BCUT2D eigenvalue weighted by Gasteiger charge is -2.26. The summed E-state index contributed by atoms with van der Waals surface area (Å²) in [5.41, 5.74) is 2.12. The van der Waals surface area contributed by atoms with Crippen molar-refractivity contribution in [2.75, 3.05) is 31.6 Å². The van der Waals surface area contributed by atoms with E-state index in [-0.39, 0.29) is 6.42 Å². The fourth-order valence-electron chi connectivity index (χ4n) is 2.26. The number of hydrogen-bond acceptors (Lipinski definition) is 4. The summed E-state index contributed by atoms with van der Waals surface area (Å²) in [5, 5.41) is 12.0. The second-order valence-electron chi connectivity index (χ2n) is 4.90. The monoisotopic (exact) mass is 294 g/mol. The number of nitrogens with one attached hydrogen (secondary N) is 1. The summed E-state index contributed by atoms with van der Waals surface area (Å²) in [6.45, 7) is 6.73. The zero-order valence-corrected chi connectivity index (χ0v) is 13.2. The molecular weight excluding hydrogens is 268 g/mol. The number of carboxylic acids is 1. The first-order chi connectivity index (χ1) is 10.1. The third kappa shape index (κ3) is 5.63. The summed E-state index contributed by atoms with van der Waals surface area (Å²) in [6.07, 6.45) is 1.09. The van der Waals surface area contributed by atoms with Crippen LogP contribution in [0.2, 0.25) is 0 Å². The summed E-state index contributed by atoms with van der Waals surface area (Å²) >= 11 is 0. The highest BCUT2D eigenvalue weighted by Gasteiger charge is 2.13. The highest BCUT2D eigenvalue weighted by Crippen LogP contribution is 2.30. The van der Waals surface area contributed by atoms with Gasteiger partial charge < -0.3 is 20.1 Å². The molecule has 0 aliphatic rings. The quantitative estimate of drug-likeness (QED) is 0.694. The molecule has 0 aromatic heterocycles. The topological polar surface area (TPSA) is 61.8 Å². The molecule has 0 unspecified atom stereocenters. The Morgan fingerprint density at radius 1 is 1.33 bits per heavy atom. The fourth-order valence-corrected chi connectivity index (χ4v) is 2.26. The molecule has 0 fully saturated rings. The van der Waals surface area contributed by atoms with E-state index < -0.39 is 5.97 Å². The van der Waals surface area contributed by atoms with E-state index in [2.05, 4.69) is 23.2 Å². The molecule has 0 amide bonds. The van der Waals surface area contributed by atoms with Crippen LogP contribution < -0.4 is 15.0 Å². The van der Waals surface area contributed by atoms with Gasteiger partial charge in [0.1, 0.15) is 5.75 Å². The molecule has 5 heteroatoms. The smallest absolute Gasteiger partial charge is 0.305 e. The average Bonchev–Trinajstić information content (AvgIpc) is 2.45. The van der Waals surface area contributed by atoms with Crippen LogP contribution in [0.1, 0.15) is 32.3 Å². The third-order valence-electron chi connectivity index (χ3n) is 3.13. The largest absolute Gasteiger partial charge is 0.492 e. The molecule has 0 aliphatic carbocycles. The van der Waals surface area contributed by atoms with Crippen molar-refractivity contribution >= 4 is 11.7 Å². The number of ether oxygens (including phenoxy) is 1. The van der Waals surface area contributed by atoms with Crippen molar-refractivity contribution in [1.29, 1.82) is 0 Å². The molecule has 0 atom stereocenters. The van der Waals surface area contributed by atoms with Crippen LogP contribution >= 0.6 is 0 Å². The lowest BCUT2D eigenvalue weighted by molar-refractivity contribution is -0.136. The standard InChI is InChI=1S/C16H26N2O3/c1-4-9-18(10-8-16(19)20)14-7-6-13(12-17-3)11-15(14)21-5-2/h6-7,11,17H,4-5,8-10,12H2,1-3H3,(H,19,20). The summed E-state index contributed by atoms with van der Waals surface area (Å²) in [4.78, 5) is 12.9. The highest BCUT2D eigenvalue weighted by molar-refractivity contribution is 5.68. The minimum absolute atomic E-state index is 0.129. The molecule has 2 N–H and O–H groups in total. The number of anilines is 1. The lowest BCUT2D eigenvalue weighted by Crippen LogP contribution is -2.27. The SMILES string of the molecule is CCCN(CCC(=O)O)c1ccc(CNC)cc1OCC. The van der Waals surface area contributed by atoms with E-state index in [9.17, 15) is 4.79 Å². The van der Waals surface area contributed by atoms with Gasteiger partial charge in [0.05, 0.1) is 18.7 Å². The van der Waals surface area contributed by atoms with E-state index in [1.165, 1.54) is 0 Å². The van der Waals surface area contributed by atoms with Crippen molar-refractivity contribution in [2.24, 2.45) is 0 Å². The van der Waals surface area contributed by atoms with Crippen molar-refractivity contribution in [2.45, 2.75) is 33.2 Å². The first kappa shape index (κ1) is 17.3. The van der Waals surface area contributed by atoms with Crippen LogP contribution in [-0.2, 0) is 11.3 Å². The van der Waals surface area contributed by atoms with E-state index in [0.29, 0.717) is 13.2 Å². The molecule has 0 bridgehead atoms. The number of benzene rings is 1. The van der Waals surface area contributed by atoms with Gasteiger partial charge in [-0.2, -0.15) is 0 Å². The van der Waals surface area contributed by atoms with Crippen LogP contribution in [0.4, 0.5) is 5.69 Å². The molecule has 1 rings (SSSR count). The number of nitrogens with zero attached hydrogens (tertiary/aromatic N) is 1. The Kier molecular flexibility index (Phi) is 7.61. The number of carboxylic acid groups (broad SMARTS) is 1. The number of aliphatic carboxylic acids is 1. The maximum atomic E-state index is 10.8. The van der Waals surface area contributed by atoms with E-state index in [1.54, 1.807) is 0 Å².